The van der Waals surface area contributed by atoms with Crippen LogP contribution in [0.25, 0.3) is 0 Å². The van der Waals surface area contributed by atoms with Gasteiger partial charge in [0.1, 0.15) is 0 Å². The lowest BCUT2D eigenvalue weighted by Crippen LogP contribution is -2.01. The molecule has 2 nitrogen and oxygen atoms in total. The van der Waals surface area contributed by atoms with Crippen LogP contribution in [-0.4, -0.2) is 5.78 Å². The van der Waals surface area contributed by atoms with Gasteiger partial charge in [0, 0.05) is 18.2 Å². The summed E-state index contributed by atoms with van der Waals surface area (Å²) in [4.78, 5) is 11.1. The molecule has 0 radical (unpaired) electrons. The molecule has 1 rings (SSSR count). The third kappa shape index (κ3) is 1.59. The summed E-state index contributed by atoms with van der Waals surface area (Å²) in [5.41, 5.74) is 6.11. The highest BCUT2D eigenvalue weighted by molar-refractivity contribution is 5.95. The van der Waals surface area contributed by atoms with Crippen molar-refractivity contribution in [2.24, 2.45) is 5.73 Å². The van der Waals surface area contributed by atoms with E-state index in [0.29, 0.717) is 6.42 Å². The number of hydrogen-bond acceptors (Lipinski definition) is 2. The number of nitrogens with two attached hydrogens (primary N) is 1. The number of Topliss-reactive ketones (excluding diaryl/α,β-unsaturated/α-hetero) is 1. The molecule has 1 saturated carbocycles. The summed E-state index contributed by atoms with van der Waals surface area (Å²) in [6.45, 7) is 0. The number of carbonyl (C=O) groups excluding carboxylic acids is 1. The van der Waals surface area contributed by atoms with Crippen LogP contribution in [0.3, 0.4) is 0 Å². The summed E-state index contributed by atoms with van der Waals surface area (Å²) in [7, 11) is 0. The van der Waals surface area contributed by atoms with Gasteiger partial charge in [-0.3, -0.25) is 4.79 Å². The lowest BCUT2D eigenvalue weighted by Gasteiger charge is -1.96. The zero-order valence-corrected chi connectivity index (χ0v) is 6.10. The third-order valence-corrected chi connectivity index (χ3v) is 1.91. The molecule has 10 heavy (non-hydrogen) atoms. The molecule has 0 unspecified atom stereocenters. The quantitative estimate of drug-likeness (QED) is 0.407. The topological polar surface area (TPSA) is 43.1 Å². The van der Waals surface area contributed by atoms with E-state index < -0.39 is 0 Å². The van der Waals surface area contributed by atoms with Crippen LogP contribution in [0.5, 0.6) is 0 Å². The van der Waals surface area contributed by atoms with Crippen molar-refractivity contribution in [1.29, 1.82) is 0 Å². The first-order chi connectivity index (χ1) is 4.84. The van der Waals surface area contributed by atoms with E-state index >= 15 is 0 Å². The van der Waals surface area contributed by atoms with Gasteiger partial charge in [-0.25, -0.2) is 0 Å². The maximum absolute atomic E-state index is 11.1. The Morgan fingerprint density at radius 2 is 1.90 bits per heavy atom. The highest BCUT2D eigenvalue weighted by Crippen LogP contribution is 2.17. The standard InChI is InChI=1S/C8H13NO/c9-6-7-4-2-1-3-5-8(7)10/h6H,1-5,9H2. The average molecular weight is 139 g/mol. The number of hydrogen-bond donors (Lipinski definition) is 1. The summed E-state index contributed by atoms with van der Waals surface area (Å²) in [5.74, 6) is 0.250. The van der Waals surface area contributed by atoms with Gasteiger partial charge in [0.25, 0.3) is 0 Å². The molecular weight excluding hydrogens is 126 g/mol. The van der Waals surface area contributed by atoms with Crippen LogP contribution < -0.4 is 5.73 Å². The molecule has 56 valence electrons. The van der Waals surface area contributed by atoms with Gasteiger partial charge >= 0.3 is 0 Å². The number of carbonyl (C=O) groups is 1. The van der Waals surface area contributed by atoms with Gasteiger partial charge in [-0.15, -0.1) is 0 Å². The Hall–Kier alpha value is -0.790. The Morgan fingerprint density at radius 3 is 2.60 bits per heavy atom. The summed E-state index contributed by atoms with van der Waals surface area (Å²) >= 11 is 0. The first kappa shape index (κ1) is 7.32. The van der Waals surface area contributed by atoms with Crippen molar-refractivity contribution in [2.75, 3.05) is 0 Å². The molecule has 0 aromatic rings. The normalized spacial score (nSPS) is 24.8. The minimum absolute atomic E-state index is 0.250. The van der Waals surface area contributed by atoms with Crippen LogP contribution in [0, 0.1) is 0 Å². The number of rotatable bonds is 0. The van der Waals surface area contributed by atoms with Crippen LogP contribution in [0.1, 0.15) is 32.1 Å². The molecule has 2 heteroatoms. The molecule has 0 heterocycles. The van der Waals surface area contributed by atoms with Crippen LogP contribution in [-0.2, 0) is 4.79 Å². The molecule has 2 N–H and O–H groups in total. The smallest absolute Gasteiger partial charge is 0.160 e. The highest BCUT2D eigenvalue weighted by Gasteiger charge is 2.11. The molecule has 0 amide bonds. The van der Waals surface area contributed by atoms with E-state index in [2.05, 4.69) is 0 Å². The van der Waals surface area contributed by atoms with E-state index in [1.807, 2.05) is 0 Å². The van der Waals surface area contributed by atoms with E-state index in [9.17, 15) is 4.79 Å². The molecule has 1 aliphatic carbocycles. The lowest BCUT2D eigenvalue weighted by atomic mass is 10.1. The van der Waals surface area contributed by atoms with Crippen LogP contribution in [0.15, 0.2) is 11.8 Å². The molecule has 0 aromatic heterocycles. The van der Waals surface area contributed by atoms with E-state index in [-0.39, 0.29) is 5.78 Å². The van der Waals surface area contributed by atoms with E-state index in [1.54, 1.807) is 0 Å². The van der Waals surface area contributed by atoms with E-state index in [4.69, 9.17) is 5.73 Å². The van der Waals surface area contributed by atoms with Crippen molar-refractivity contribution >= 4 is 5.78 Å². The van der Waals surface area contributed by atoms with Gasteiger partial charge in [0.15, 0.2) is 5.78 Å². The first-order valence-corrected chi connectivity index (χ1v) is 3.78. The molecule has 0 aromatic carbocycles. The molecule has 0 atom stereocenters. The van der Waals surface area contributed by atoms with Crippen LogP contribution >= 0.6 is 0 Å². The number of allylic oxidation sites excluding steroid dienone is 1. The monoisotopic (exact) mass is 139 g/mol. The molecule has 0 bridgehead atoms. The first-order valence-electron chi connectivity index (χ1n) is 3.78. The predicted octanol–water partition coefficient (Wildman–Crippen LogP) is 1.36. The van der Waals surface area contributed by atoms with Crippen molar-refractivity contribution in [3.05, 3.63) is 11.8 Å². The zero-order chi connectivity index (χ0) is 7.40. The molecule has 0 aliphatic heterocycles. The maximum Gasteiger partial charge on any atom is 0.160 e. The zero-order valence-electron chi connectivity index (χ0n) is 6.10. The highest BCUT2D eigenvalue weighted by atomic mass is 16.1. The second-order valence-corrected chi connectivity index (χ2v) is 2.68. The van der Waals surface area contributed by atoms with Crippen LogP contribution in [0.4, 0.5) is 0 Å². The Labute approximate surface area is 61.1 Å². The van der Waals surface area contributed by atoms with Crippen molar-refractivity contribution in [3.8, 4) is 0 Å². The predicted molar refractivity (Wildman–Crippen MR) is 40.4 cm³/mol. The van der Waals surface area contributed by atoms with Crippen molar-refractivity contribution in [1.82, 2.24) is 0 Å². The van der Waals surface area contributed by atoms with Gasteiger partial charge < -0.3 is 5.73 Å². The number of ketones is 1. The molecule has 1 fully saturated rings. The second-order valence-electron chi connectivity index (χ2n) is 2.68. The Bertz CT molecular complexity index is 161. The van der Waals surface area contributed by atoms with Gasteiger partial charge in [0.05, 0.1) is 0 Å². The summed E-state index contributed by atoms with van der Waals surface area (Å²) in [6, 6.07) is 0. The van der Waals surface area contributed by atoms with E-state index in [0.717, 1.165) is 24.8 Å². The SMILES string of the molecule is NC=C1CCCCCC1=O. The Morgan fingerprint density at radius 1 is 1.20 bits per heavy atom. The Kier molecular flexibility index (Phi) is 2.49. The second kappa shape index (κ2) is 3.40. The summed E-state index contributed by atoms with van der Waals surface area (Å²) < 4.78 is 0. The third-order valence-electron chi connectivity index (χ3n) is 1.91. The fraction of sp³-hybridized carbons (Fsp3) is 0.625. The van der Waals surface area contributed by atoms with Gasteiger partial charge in [-0.2, -0.15) is 0 Å². The fourth-order valence-electron chi connectivity index (χ4n) is 1.25. The van der Waals surface area contributed by atoms with Crippen LogP contribution in [0.2, 0.25) is 0 Å². The van der Waals surface area contributed by atoms with Crippen molar-refractivity contribution in [2.45, 2.75) is 32.1 Å². The average Bonchev–Trinajstić information content (AvgIpc) is 2.13. The van der Waals surface area contributed by atoms with Gasteiger partial charge in [-0.05, 0) is 19.3 Å². The van der Waals surface area contributed by atoms with Gasteiger partial charge in [-0.1, -0.05) is 6.42 Å². The molecular formula is C8H13NO. The van der Waals surface area contributed by atoms with Crippen molar-refractivity contribution < 1.29 is 4.79 Å². The summed E-state index contributed by atoms with van der Waals surface area (Å²) in [5, 5.41) is 0. The minimum Gasteiger partial charge on any atom is -0.404 e. The molecule has 0 spiro atoms. The van der Waals surface area contributed by atoms with Gasteiger partial charge in [0.2, 0.25) is 0 Å². The fourth-order valence-corrected chi connectivity index (χ4v) is 1.25. The molecule has 1 aliphatic rings. The molecule has 0 saturated heterocycles. The lowest BCUT2D eigenvalue weighted by molar-refractivity contribution is -0.115. The maximum atomic E-state index is 11.1. The largest absolute Gasteiger partial charge is 0.404 e. The van der Waals surface area contributed by atoms with Crippen molar-refractivity contribution in [3.63, 3.8) is 0 Å². The van der Waals surface area contributed by atoms with E-state index in [1.165, 1.54) is 12.6 Å². The minimum atomic E-state index is 0.250. The summed E-state index contributed by atoms with van der Waals surface area (Å²) in [6.07, 6.45) is 6.38. The Balaban J connectivity index is 2.61.